The first-order valence-corrected chi connectivity index (χ1v) is 4.93. The highest BCUT2D eigenvalue weighted by atomic mass is 79.9. The Hall–Kier alpha value is -0.190. The van der Waals surface area contributed by atoms with Crippen LogP contribution in [-0.2, 0) is 4.79 Å². The maximum absolute atomic E-state index is 10.5. The molecule has 0 spiro atoms. The Morgan fingerprint density at radius 1 is 1.33 bits per heavy atom. The number of aldehydes is 1. The van der Waals surface area contributed by atoms with Gasteiger partial charge in [-0.1, -0.05) is 28.1 Å². The molecule has 12 heavy (non-hydrogen) atoms. The fourth-order valence-electron chi connectivity index (χ4n) is 0.837. The van der Waals surface area contributed by atoms with Crippen molar-refractivity contribution < 1.29 is 4.79 Å². The zero-order valence-electron chi connectivity index (χ0n) is 6.13. The molecule has 0 aliphatic heterocycles. The van der Waals surface area contributed by atoms with Gasteiger partial charge in [-0.25, -0.2) is 4.34 Å². The van der Waals surface area contributed by atoms with Crippen molar-refractivity contribution in [1.29, 1.82) is 0 Å². The summed E-state index contributed by atoms with van der Waals surface area (Å²) in [5, 5.41) is 0. The van der Waals surface area contributed by atoms with Crippen LogP contribution in [0.25, 0.3) is 0 Å². The number of carbonyl (C=O) groups is 1. The minimum absolute atomic E-state index is 0.280. The van der Waals surface area contributed by atoms with E-state index in [0.717, 1.165) is 16.3 Å². The summed E-state index contributed by atoms with van der Waals surface area (Å²) in [4.78, 5) is 10.5. The number of carbonyl (C=O) groups excluding carboxylic acids is 1. The molecule has 0 aliphatic carbocycles. The van der Waals surface area contributed by atoms with Gasteiger partial charge in [-0.3, -0.25) is 0 Å². The zero-order valence-corrected chi connectivity index (χ0v) is 9.30. The van der Waals surface area contributed by atoms with E-state index >= 15 is 0 Å². The molecule has 1 rings (SSSR count). The lowest BCUT2D eigenvalue weighted by atomic mass is 10.1. The molecule has 0 saturated carbocycles. The number of rotatable bonds is 3. The Balaban J connectivity index is 2.87. The van der Waals surface area contributed by atoms with Gasteiger partial charge in [-0.05, 0) is 17.7 Å². The summed E-state index contributed by atoms with van der Waals surface area (Å²) >= 11 is 6.36. The fraction of sp³-hybridized carbons (Fsp3) is 0.125. The van der Waals surface area contributed by atoms with Crippen LogP contribution in [-0.4, -0.2) is 6.29 Å². The van der Waals surface area contributed by atoms with Crippen molar-refractivity contribution in [3.63, 3.8) is 0 Å². The fourth-order valence-corrected chi connectivity index (χ4v) is 1.47. The predicted molar refractivity (Wildman–Crippen MR) is 55.0 cm³/mol. The molecular weight excluding hydrogens is 286 g/mol. The van der Waals surface area contributed by atoms with Crippen LogP contribution in [0.15, 0.2) is 28.7 Å². The van der Waals surface area contributed by atoms with E-state index in [0.29, 0.717) is 0 Å². The molecule has 0 heterocycles. The van der Waals surface area contributed by atoms with E-state index in [2.05, 4.69) is 36.4 Å². The van der Waals surface area contributed by atoms with Gasteiger partial charge in [-0.15, -0.1) is 0 Å². The van der Waals surface area contributed by atoms with Crippen LogP contribution in [0.1, 0.15) is 11.6 Å². The Morgan fingerprint density at radius 3 is 2.33 bits per heavy atom. The van der Waals surface area contributed by atoms with Gasteiger partial charge < -0.3 is 4.79 Å². The minimum Gasteiger partial charge on any atom is -0.301 e. The number of nitrogens with one attached hydrogen (secondary N) is 1. The third kappa shape index (κ3) is 2.40. The van der Waals surface area contributed by atoms with Crippen molar-refractivity contribution >= 4 is 38.4 Å². The average molecular weight is 293 g/mol. The Labute approximate surface area is 87.8 Å². The van der Waals surface area contributed by atoms with Crippen LogP contribution >= 0.6 is 32.1 Å². The summed E-state index contributed by atoms with van der Waals surface area (Å²) in [6, 6.07) is 7.29. The highest BCUT2D eigenvalue weighted by Gasteiger charge is 2.06. The van der Waals surface area contributed by atoms with Gasteiger partial charge in [0.05, 0.1) is 6.04 Å². The summed E-state index contributed by atoms with van der Waals surface area (Å²) in [6.45, 7) is 0. The lowest BCUT2D eigenvalue weighted by molar-refractivity contribution is -0.109. The Kier molecular flexibility index (Phi) is 3.91. The molecule has 0 bridgehead atoms. The maximum atomic E-state index is 10.5. The van der Waals surface area contributed by atoms with Gasteiger partial charge >= 0.3 is 0 Å². The minimum atomic E-state index is -0.280. The summed E-state index contributed by atoms with van der Waals surface area (Å²) in [5.41, 5.74) is 0.935. The lowest BCUT2D eigenvalue weighted by Crippen LogP contribution is -2.11. The highest BCUT2D eigenvalue weighted by Crippen LogP contribution is 2.15. The van der Waals surface area contributed by atoms with Crippen molar-refractivity contribution in [2.45, 2.75) is 6.04 Å². The molecule has 2 nitrogen and oxygen atoms in total. The largest absolute Gasteiger partial charge is 0.301 e. The second-order valence-electron chi connectivity index (χ2n) is 2.27. The number of benzene rings is 1. The Morgan fingerprint density at radius 2 is 1.92 bits per heavy atom. The first kappa shape index (κ1) is 9.89. The molecule has 1 atom stereocenters. The second kappa shape index (κ2) is 4.74. The molecule has 1 unspecified atom stereocenters. The summed E-state index contributed by atoms with van der Waals surface area (Å²) in [6.07, 6.45) is 0.845. The quantitative estimate of drug-likeness (QED) is 0.685. The molecule has 0 radical (unpaired) electrons. The Bertz CT molecular complexity index is 260. The number of halogens is 2. The van der Waals surface area contributed by atoms with E-state index in [9.17, 15) is 4.79 Å². The van der Waals surface area contributed by atoms with Crippen molar-refractivity contribution in [3.05, 3.63) is 34.3 Å². The maximum Gasteiger partial charge on any atom is 0.142 e. The molecule has 1 aromatic rings. The molecule has 64 valence electrons. The highest BCUT2D eigenvalue weighted by molar-refractivity contribution is 9.10. The van der Waals surface area contributed by atoms with E-state index in [1.54, 1.807) is 0 Å². The number of hydrogen-bond acceptors (Lipinski definition) is 2. The third-order valence-corrected chi connectivity index (χ3v) is 2.50. The molecule has 4 heteroatoms. The van der Waals surface area contributed by atoms with Crippen LogP contribution in [0.4, 0.5) is 0 Å². The molecule has 0 aliphatic rings. The first-order chi connectivity index (χ1) is 5.77. The van der Waals surface area contributed by atoms with Crippen LogP contribution in [0, 0.1) is 0 Å². The van der Waals surface area contributed by atoms with Gasteiger partial charge in [0.15, 0.2) is 0 Å². The normalized spacial score (nSPS) is 12.5. The van der Waals surface area contributed by atoms with E-state index in [1.165, 1.54) is 0 Å². The molecular formula is C8H7Br2NO. The number of hydrogen-bond donors (Lipinski definition) is 1. The van der Waals surface area contributed by atoms with Crippen LogP contribution in [0.5, 0.6) is 0 Å². The molecule has 1 aromatic carbocycles. The zero-order chi connectivity index (χ0) is 8.97. The molecule has 0 fully saturated rings. The third-order valence-electron chi connectivity index (χ3n) is 1.48. The summed E-state index contributed by atoms with van der Waals surface area (Å²) < 4.78 is 3.72. The molecule has 0 aromatic heterocycles. The van der Waals surface area contributed by atoms with Crippen molar-refractivity contribution in [2.24, 2.45) is 0 Å². The molecule has 1 N–H and O–H groups in total. The van der Waals surface area contributed by atoms with Gasteiger partial charge in [0.25, 0.3) is 0 Å². The SMILES string of the molecule is O=CC(NBr)c1ccc(Br)cc1. The van der Waals surface area contributed by atoms with E-state index in [1.807, 2.05) is 24.3 Å². The van der Waals surface area contributed by atoms with Gasteiger partial charge in [-0.2, -0.15) is 0 Å². The molecule has 0 saturated heterocycles. The second-order valence-corrected chi connectivity index (χ2v) is 3.65. The van der Waals surface area contributed by atoms with Crippen LogP contribution in [0.3, 0.4) is 0 Å². The van der Waals surface area contributed by atoms with Crippen LogP contribution < -0.4 is 4.34 Å². The lowest BCUT2D eigenvalue weighted by Gasteiger charge is -2.06. The van der Waals surface area contributed by atoms with Crippen LogP contribution in [0.2, 0.25) is 0 Å². The van der Waals surface area contributed by atoms with E-state index in [4.69, 9.17) is 0 Å². The van der Waals surface area contributed by atoms with Gasteiger partial charge in [0.1, 0.15) is 6.29 Å². The molecule has 0 amide bonds. The standard InChI is InChI=1S/C8H7Br2NO/c9-7-3-1-6(2-4-7)8(5-12)11-10/h1-5,8,11H. The van der Waals surface area contributed by atoms with E-state index < -0.39 is 0 Å². The monoisotopic (exact) mass is 291 g/mol. The first-order valence-electron chi connectivity index (χ1n) is 3.35. The summed E-state index contributed by atoms with van der Waals surface area (Å²) in [7, 11) is 0. The topological polar surface area (TPSA) is 29.1 Å². The van der Waals surface area contributed by atoms with E-state index in [-0.39, 0.29) is 6.04 Å². The average Bonchev–Trinajstić information content (AvgIpc) is 2.10. The smallest absolute Gasteiger partial charge is 0.142 e. The van der Waals surface area contributed by atoms with Crippen molar-refractivity contribution in [3.8, 4) is 0 Å². The van der Waals surface area contributed by atoms with Gasteiger partial charge in [0, 0.05) is 20.6 Å². The van der Waals surface area contributed by atoms with Crippen molar-refractivity contribution in [1.82, 2.24) is 4.34 Å². The predicted octanol–water partition coefficient (Wildman–Crippen LogP) is 2.59. The van der Waals surface area contributed by atoms with Crippen molar-refractivity contribution in [2.75, 3.05) is 0 Å². The van der Waals surface area contributed by atoms with Gasteiger partial charge in [0.2, 0.25) is 0 Å². The summed E-state index contributed by atoms with van der Waals surface area (Å²) in [5.74, 6) is 0.